The summed E-state index contributed by atoms with van der Waals surface area (Å²) in [7, 11) is 1.35. The number of pyridine rings is 1. The molecule has 0 aliphatic rings. The summed E-state index contributed by atoms with van der Waals surface area (Å²) in [4.78, 5) is 32.2. The second-order valence-electron chi connectivity index (χ2n) is 6.01. The van der Waals surface area contributed by atoms with Gasteiger partial charge in [0, 0.05) is 22.7 Å². The third-order valence-electron chi connectivity index (χ3n) is 4.30. The second-order valence-corrected chi connectivity index (χ2v) is 6.01. The fraction of sp³-hybridized carbons (Fsp3) is 0.250. The summed E-state index contributed by atoms with van der Waals surface area (Å²) >= 11 is 0. The van der Waals surface area contributed by atoms with Crippen LogP contribution < -0.4 is 0 Å². The van der Waals surface area contributed by atoms with Crippen molar-refractivity contribution in [3.05, 3.63) is 64.6 Å². The van der Waals surface area contributed by atoms with Crippen LogP contribution in [0.15, 0.2) is 36.5 Å². The molecule has 0 aliphatic carbocycles. The zero-order valence-electron chi connectivity index (χ0n) is 14.6. The minimum absolute atomic E-state index is 0.0383. The van der Waals surface area contributed by atoms with Crippen LogP contribution in [0.25, 0.3) is 10.9 Å². The van der Waals surface area contributed by atoms with Crippen LogP contribution in [0.3, 0.4) is 0 Å². The van der Waals surface area contributed by atoms with Gasteiger partial charge in [-0.25, -0.2) is 0 Å². The Balaban J connectivity index is 2.17. The fourth-order valence-corrected chi connectivity index (χ4v) is 2.90. The van der Waals surface area contributed by atoms with E-state index < -0.39 is 0 Å². The van der Waals surface area contributed by atoms with Crippen molar-refractivity contribution in [2.24, 2.45) is 0 Å². The van der Waals surface area contributed by atoms with Gasteiger partial charge in [0.2, 0.25) is 5.78 Å². The molecule has 0 radical (unpaired) electrons. The van der Waals surface area contributed by atoms with Crippen molar-refractivity contribution in [2.45, 2.75) is 26.7 Å². The van der Waals surface area contributed by atoms with Crippen LogP contribution in [0.1, 0.15) is 39.8 Å². The van der Waals surface area contributed by atoms with E-state index in [-0.39, 0.29) is 18.2 Å². The Kier molecular flexibility index (Phi) is 4.65. The zero-order valence-corrected chi connectivity index (χ0v) is 14.6. The number of methoxy groups -OCH3 is 1. The van der Waals surface area contributed by atoms with E-state index in [1.165, 1.54) is 7.11 Å². The molecule has 2 heterocycles. The number of ketones is 1. The molecule has 0 amide bonds. The summed E-state index contributed by atoms with van der Waals surface area (Å²) in [6.07, 6.45) is 2.53. The zero-order chi connectivity index (χ0) is 18.0. The molecular formula is C20H20N2O3. The molecule has 0 saturated carbocycles. The van der Waals surface area contributed by atoms with Gasteiger partial charge in [-0.15, -0.1) is 0 Å². The maximum atomic E-state index is 13.0. The lowest BCUT2D eigenvalue weighted by molar-refractivity contribution is -0.139. The van der Waals surface area contributed by atoms with Gasteiger partial charge in [-0.2, -0.15) is 0 Å². The Morgan fingerprint density at radius 1 is 1.20 bits per heavy atom. The first-order chi connectivity index (χ1) is 12.0. The quantitative estimate of drug-likeness (QED) is 0.573. The largest absolute Gasteiger partial charge is 0.469 e. The summed E-state index contributed by atoms with van der Waals surface area (Å²) < 4.78 is 4.81. The van der Waals surface area contributed by atoms with Gasteiger partial charge >= 0.3 is 5.97 Å². The molecule has 3 rings (SSSR count). The van der Waals surface area contributed by atoms with E-state index in [1.54, 1.807) is 12.3 Å². The van der Waals surface area contributed by atoms with E-state index in [2.05, 4.69) is 16.9 Å². The molecule has 25 heavy (non-hydrogen) atoms. The van der Waals surface area contributed by atoms with Crippen molar-refractivity contribution in [3.63, 3.8) is 0 Å². The SMILES string of the molecule is CCc1ccc2[nH]c(C(=O)c3cc(C)ccn3)c(CC(=O)OC)c2c1. The lowest BCUT2D eigenvalue weighted by Gasteiger charge is -2.04. The normalized spacial score (nSPS) is 10.8. The van der Waals surface area contributed by atoms with Gasteiger partial charge in [-0.1, -0.05) is 13.0 Å². The number of aryl methyl sites for hydroxylation is 2. The molecule has 5 nitrogen and oxygen atoms in total. The van der Waals surface area contributed by atoms with Crippen LogP contribution in [-0.2, 0) is 22.4 Å². The summed E-state index contributed by atoms with van der Waals surface area (Å²) in [5, 5.41) is 0.876. The molecule has 0 bridgehead atoms. The number of ether oxygens (including phenoxy) is 1. The molecule has 0 spiro atoms. The van der Waals surface area contributed by atoms with Crippen molar-refractivity contribution in [3.8, 4) is 0 Å². The summed E-state index contributed by atoms with van der Waals surface area (Å²) in [6.45, 7) is 3.98. The van der Waals surface area contributed by atoms with Crippen molar-refractivity contribution < 1.29 is 14.3 Å². The van der Waals surface area contributed by atoms with E-state index in [4.69, 9.17) is 4.74 Å². The van der Waals surface area contributed by atoms with Gasteiger partial charge in [0.1, 0.15) is 5.69 Å². The van der Waals surface area contributed by atoms with Crippen molar-refractivity contribution in [2.75, 3.05) is 7.11 Å². The van der Waals surface area contributed by atoms with Gasteiger partial charge in [-0.3, -0.25) is 14.6 Å². The number of fused-ring (bicyclic) bond motifs is 1. The number of H-pyrrole nitrogens is 1. The number of hydrogen-bond donors (Lipinski definition) is 1. The maximum Gasteiger partial charge on any atom is 0.310 e. The molecule has 0 saturated heterocycles. The number of carbonyl (C=O) groups excluding carboxylic acids is 2. The number of benzene rings is 1. The summed E-state index contributed by atoms with van der Waals surface area (Å²) in [5.41, 5.74) is 4.33. The van der Waals surface area contributed by atoms with E-state index in [0.29, 0.717) is 17.0 Å². The molecule has 2 aromatic heterocycles. The number of rotatable bonds is 5. The molecule has 0 fully saturated rings. The average Bonchev–Trinajstić information content (AvgIpc) is 2.98. The first kappa shape index (κ1) is 16.9. The summed E-state index contributed by atoms with van der Waals surface area (Å²) in [5.74, 6) is -0.606. The van der Waals surface area contributed by atoms with Gasteiger partial charge in [0.25, 0.3) is 0 Å². The van der Waals surface area contributed by atoms with Crippen LogP contribution in [0, 0.1) is 6.92 Å². The molecule has 1 N–H and O–H groups in total. The highest BCUT2D eigenvalue weighted by Crippen LogP contribution is 2.26. The Bertz CT molecular complexity index is 957. The third kappa shape index (κ3) is 3.31. The number of nitrogens with one attached hydrogen (secondary N) is 1. The Hall–Kier alpha value is -2.95. The standard InChI is InChI=1S/C20H20N2O3/c1-4-13-5-6-16-14(10-13)15(11-18(23)25-3)19(22-16)20(24)17-9-12(2)7-8-21-17/h5-10,22H,4,11H2,1-3H3. The van der Waals surface area contributed by atoms with Gasteiger partial charge in [-0.05, 0) is 48.7 Å². The number of hydrogen-bond acceptors (Lipinski definition) is 4. The Labute approximate surface area is 146 Å². The van der Waals surface area contributed by atoms with Gasteiger partial charge in [0.05, 0.1) is 19.2 Å². The number of aromatic amines is 1. The number of aromatic nitrogens is 2. The van der Waals surface area contributed by atoms with Crippen LogP contribution in [-0.4, -0.2) is 28.8 Å². The second kappa shape index (κ2) is 6.89. The first-order valence-corrected chi connectivity index (χ1v) is 8.21. The highest BCUT2D eigenvalue weighted by molar-refractivity contribution is 6.11. The fourth-order valence-electron chi connectivity index (χ4n) is 2.90. The van der Waals surface area contributed by atoms with E-state index in [9.17, 15) is 9.59 Å². The smallest absolute Gasteiger partial charge is 0.310 e. The van der Waals surface area contributed by atoms with E-state index >= 15 is 0 Å². The van der Waals surface area contributed by atoms with Crippen molar-refractivity contribution >= 4 is 22.7 Å². The minimum Gasteiger partial charge on any atom is -0.469 e. The van der Waals surface area contributed by atoms with Crippen LogP contribution in [0.5, 0.6) is 0 Å². The minimum atomic E-state index is -0.381. The average molecular weight is 336 g/mol. The Morgan fingerprint density at radius 3 is 2.68 bits per heavy atom. The predicted octanol–water partition coefficient (Wildman–Crippen LogP) is 3.38. The predicted molar refractivity (Wildman–Crippen MR) is 95.8 cm³/mol. The van der Waals surface area contributed by atoms with E-state index in [0.717, 1.165) is 28.5 Å². The molecule has 5 heteroatoms. The lowest BCUT2D eigenvalue weighted by atomic mass is 10.0. The lowest BCUT2D eigenvalue weighted by Crippen LogP contribution is -2.11. The summed E-state index contributed by atoms with van der Waals surface area (Å²) in [6, 6.07) is 9.55. The Morgan fingerprint density at radius 2 is 2.00 bits per heavy atom. The van der Waals surface area contributed by atoms with Crippen molar-refractivity contribution in [1.82, 2.24) is 9.97 Å². The highest BCUT2D eigenvalue weighted by atomic mass is 16.5. The highest BCUT2D eigenvalue weighted by Gasteiger charge is 2.22. The van der Waals surface area contributed by atoms with Gasteiger partial charge < -0.3 is 9.72 Å². The molecular weight excluding hydrogens is 316 g/mol. The molecule has 128 valence electrons. The van der Waals surface area contributed by atoms with E-state index in [1.807, 2.05) is 31.2 Å². The monoisotopic (exact) mass is 336 g/mol. The van der Waals surface area contributed by atoms with Crippen molar-refractivity contribution in [1.29, 1.82) is 0 Å². The van der Waals surface area contributed by atoms with Crippen LogP contribution >= 0.6 is 0 Å². The number of nitrogens with zero attached hydrogens (tertiary/aromatic N) is 1. The molecule has 0 aliphatic heterocycles. The first-order valence-electron chi connectivity index (χ1n) is 8.21. The van der Waals surface area contributed by atoms with Gasteiger partial charge in [0.15, 0.2) is 0 Å². The number of carbonyl (C=O) groups is 2. The molecule has 3 aromatic rings. The molecule has 1 aromatic carbocycles. The maximum absolute atomic E-state index is 13.0. The van der Waals surface area contributed by atoms with Crippen LogP contribution in [0.4, 0.5) is 0 Å². The topological polar surface area (TPSA) is 72.0 Å². The third-order valence-corrected chi connectivity index (χ3v) is 4.30. The van der Waals surface area contributed by atoms with Crippen LogP contribution in [0.2, 0.25) is 0 Å². The number of esters is 1. The molecule has 0 unspecified atom stereocenters. The molecule has 0 atom stereocenters.